The fraction of sp³-hybridized carbons (Fsp3) is 0.316. The quantitative estimate of drug-likeness (QED) is 0.817. The number of urea groups is 1. The third kappa shape index (κ3) is 3.73. The van der Waals surface area contributed by atoms with Gasteiger partial charge in [0, 0.05) is 0 Å². The number of aryl methyl sites for hydroxylation is 1. The molecule has 6 heteroatoms. The van der Waals surface area contributed by atoms with Crippen molar-refractivity contribution < 1.29 is 18.3 Å². The molecule has 0 aliphatic heterocycles. The Morgan fingerprint density at radius 3 is 2.44 bits per heavy atom. The zero-order valence-electron chi connectivity index (χ0n) is 13.9. The normalized spacial score (nSPS) is 15.4. The van der Waals surface area contributed by atoms with E-state index in [1.807, 2.05) is 30.3 Å². The summed E-state index contributed by atoms with van der Waals surface area (Å²) in [6, 6.07) is 14.1. The Hall–Kier alpha value is -2.63. The highest BCUT2D eigenvalue weighted by atomic mass is 19.3. The van der Waals surface area contributed by atoms with Gasteiger partial charge in [0.1, 0.15) is 5.75 Å². The van der Waals surface area contributed by atoms with E-state index in [0.29, 0.717) is 5.56 Å². The van der Waals surface area contributed by atoms with E-state index in [4.69, 9.17) is 0 Å². The molecule has 2 amide bonds. The van der Waals surface area contributed by atoms with Crippen LogP contribution in [0.1, 0.15) is 30.4 Å². The Kier molecular flexibility index (Phi) is 4.88. The second-order valence-corrected chi connectivity index (χ2v) is 6.21. The number of carbonyl (C=O) groups is 1. The maximum atomic E-state index is 12.6. The maximum Gasteiger partial charge on any atom is 0.387 e. The Balaban J connectivity index is 1.77. The lowest BCUT2D eigenvalue weighted by atomic mass is 9.72. The molecule has 0 radical (unpaired) electrons. The second-order valence-electron chi connectivity index (χ2n) is 6.21. The first-order valence-electron chi connectivity index (χ1n) is 8.19. The molecule has 1 aliphatic carbocycles. The van der Waals surface area contributed by atoms with Crippen LogP contribution in [0.25, 0.3) is 0 Å². The fourth-order valence-corrected chi connectivity index (χ4v) is 3.13. The first kappa shape index (κ1) is 17.2. The summed E-state index contributed by atoms with van der Waals surface area (Å²) in [6.45, 7) is -1.22. The van der Waals surface area contributed by atoms with Crippen LogP contribution in [0, 0.1) is 6.92 Å². The van der Waals surface area contributed by atoms with Crippen molar-refractivity contribution in [1.29, 1.82) is 0 Å². The molecule has 25 heavy (non-hydrogen) atoms. The topological polar surface area (TPSA) is 50.4 Å². The van der Waals surface area contributed by atoms with Gasteiger partial charge < -0.3 is 15.4 Å². The molecule has 1 fully saturated rings. The minimum atomic E-state index is -2.95. The first-order valence-corrected chi connectivity index (χ1v) is 8.19. The van der Waals surface area contributed by atoms with Gasteiger partial charge in [0.2, 0.25) is 0 Å². The van der Waals surface area contributed by atoms with Crippen molar-refractivity contribution in [3.8, 4) is 5.75 Å². The summed E-state index contributed by atoms with van der Waals surface area (Å²) in [6.07, 6.45) is 2.72. The Morgan fingerprint density at radius 2 is 1.84 bits per heavy atom. The minimum absolute atomic E-state index is 0.0486. The molecule has 1 saturated carbocycles. The zero-order valence-corrected chi connectivity index (χ0v) is 13.9. The summed E-state index contributed by atoms with van der Waals surface area (Å²) in [7, 11) is 0. The number of carbonyl (C=O) groups excluding carboxylic acids is 1. The number of amides is 2. The highest BCUT2D eigenvalue weighted by Gasteiger charge is 2.40. The Morgan fingerprint density at radius 1 is 1.12 bits per heavy atom. The van der Waals surface area contributed by atoms with E-state index in [1.165, 1.54) is 6.07 Å². The molecule has 0 atom stereocenters. The van der Waals surface area contributed by atoms with Crippen LogP contribution in [0.5, 0.6) is 5.75 Å². The number of rotatable bonds is 5. The van der Waals surface area contributed by atoms with Crippen molar-refractivity contribution in [2.24, 2.45) is 0 Å². The summed E-state index contributed by atoms with van der Waals surface area (Å²) >= 11 is 0. The number of benzene rings is 2. The number of ether oxygens (including phenoxy) is 1. The lowest BCUT2D eigenvalue weighted by Crippen LogP contribution is -2.52. The Labute approximate surface area is 145 Å². The van der Waals surface area contributed by atoms with Crippen molar-refractivity contribution in [2.45, 2.75) is 38.3 Å². The van der Waals surface area contributed by atoms with Gasteiger partial charge in [0.25, 0.3) is 0 Å². The van der Waals surface area contributed by atoms with E-state index in [0.717, 1.165) is 24.8 Å². The van der Waals surface area contributed by atoms with Gasteiger partial charge in [0.05, 0.1) is 11.2 Å². The van der Waals surface area contributed by atoms with Crippen molar-refractivity contribution in [1.82, 2.24) is 5.32 Å². The number of halogens is 2. The minimum Gasteiger partial charge on any atom is -0.433 e. The molecular formula is C19H20F2N2O2. The van der Waals surface area contributed by atoms with E-state index in [1.54, 1.807) is 19.1 Å². The third-order valence-corrected chi connectivity index (χ3v) is 4.58. The van der Waals surface area contributed by atoms with Crippen molar-refractivity contribution in [3.05, 3.63) is 59.7 Å². The summed E-state index contributed by atoms with van der Waals surface area (Å²) in [5.41, 5.74) is 1.54. The summed E-state index contributed by atoms with van der Waals surface area (Å²) in [5.74, 6) is -0.0486. The molecule has 0 saturated heterocycles. The molecule has 1 aliphatic rings. The zero-order chi connectivity index (χ0) is 17.9. The maximum absolute atomic E-state index is 12.6. The van der Waals surface area contributed by atoms with Crippen LogP contribution >= 0.6 is 0 Å². The average molecular weight is 346 g/mol. The van der Waals surface area contributed by atoms with Crippen molar-refractivity contribution in [3.63, 3.8) is 0 Å². The summed E-state index contributed by atoms with van der Waals surface area (Å²) < 4.78 is 29.7. The van der Waals surface area contributed by atoms with Gasteiger partial charge in [-0.05, 0) is 43.4 Å². The number of anilines is 1. The van der Waals surface area contributed by atoms with Crippen LogP contribution in [0.2, 0.25) is 0 Å². The standard InChI is InChI=1S/C19H20F2N2O2/c1-13-7-5-10-15(25-17(20)21)16(13)22-18(24)23-19(11-6-12-19)14-8-3-2-4-9-14/h2-5,7-10,17H,6,11-12H2,1H3,(H2,22,23,24). The number of nitrogens with one attached hydrogen (secondary N) is 2. The van der Waals surface area contributed by atoms with Crippen LogP contribution in [0.15, 0.2) is 48.5 Å². The predicted molar refractivity (Wildman–Crippen MR) is 91.9 cm³/mol. The van der Waals surface area contributed by atoms with Gasteiger partial charge in [0.15, 0.2) is 0 Å². The fourth-order valence-electron chi connectivity index (χ4n) is 3.13. The molecule has 0 aromatic heterocycles. The molecule has 2 N–H and O–H groups in total. The van der Waals surface area contributed by atoms with Crippen LogP contribution in [0.4, 0.5) is 19.3 Å². The van der Waals surface area contributed by atoms with Gasteiger partial charge in [-0.2, -0.15) is 8.78 Å². The van der Waals surface area contributed by atoms with E-state index in [-0.39, 0.29) is 11.4 Å². The number of hydrogen-bond acceptors (Lipinski definition) is 2. The summed E-state index contributed by atoms with van der Waals surface area (Å²) in [4.78, 5) is 12.5. The lowest BCUT2D eigenvalue weighted by molar-refractivity contribution is -0.0493. The molecule has 0 bridgehead atoms. The van der Waals surface area contributed by atoms with Gasteiger partial charge in [-0.1, -0.05) is 42.5 Å². The second kappa shape index (κ2) is 7.09. The Bertz CT molecular complexity index is 746. The molecular weight excluding hydrogens is 326 g/mol. The van der Waals surface area contributed by atoms with E-state index >= 15 is 0 Å². The van der Waals surface area contributed by atoms with Crippen LogP contribution in [-0.2, 0) is 5.54 Å². The highest BCUT2D eigenvalue weighted by molar-refractivity contribution is 5.92. The summed E-state index contributed by atoms with van der Waals surface area (Å²) in [5, 5.41) is 5.68. The first-order chi connectivity index (χ1) is 12.0. The van der Waals surface area contributed by atoms with Crippen LogP contribution in [0.3, 0.4) is 0 Å². The van der Waals surface area contributed by atoms with E-state index in [2.05, 4.69) is 15.4 Å². The van der Waals surface area contributed by atoms with Crippen molar-refractivity contribution in [2.75, 3.05) is 5.32 Å². The monoisotopic (exact) mass is 346 g/mol. The van der Waals surface area contributed by atoms with Crippen LogP contribution < -0.4 is 15.4 Å². The molecule has 0 spiro atoms. The lowest BCUT2D eigenvalue weighted by Gasteiger charge is -2.43. The van der Waals surface area contributed by atoms with Gasteiger partial charge in [-0.15, -0.1) is 0 Å². The number of hydrogen-bond donors (Lipinski definition) is 2. The smallest absolute Gasteiger partial charge is 0.387 e. The van der Waals surface area contributed by atoms with E-state index in [9.17, 15) is 13.6 Å². The molecule has 132 valence electrons. The van der Waals surface area contributed by atoms with E-state index < -0.39 is 18.2 Å². The van der Waals surface area contributed by atoms with Gasteiger partial charge >= 0.3 is 12.6 Å². The molecule has 2 aromatic carbocycles. The van der Waals surface area contributed by atoms with Gasteiger partial charge in [-0.25, -0.2) is 4.79 Å². The molecule has 2 aromatic rings. The van der Waals surface area contributed by atoms with Crippen molar-refractivity contribution >= 4 is 11.7 Å². The third-order valence-electron chi connectivity index (χ3n) is 4.58. The highest BCUT2D eigenvalue weighted by Crippen LogP contribution is 2.41. The molecule has 4 nitrogen and oxygen atoms in total. The average Bonchev–Trinajstić information content (AvgIpc) is 2.54. The van der Waals surface area contributed by atoms with Crippen LogP contribution in [-0.4, -0.2) is 12.6 Å². The molecule has 3 rings (SSSR count). The molecule has 0 heterocycles. The number of para-hydroxylation sites is 1. The molecule has 0 unspecified atom stereocenters. The SMILES string of the molecule is Cc1cccc(OC(F)F)c1NC(=O)NC1(c2ccccc2)CCC1. The predicted octanol–water partition coefficient (Wildman–Crippen LogP) is 4.80. The van der Waals surface area contributed by atoms with Gasteiger partial charge in [-0.3, -0.25) is 0 Å². The largest absolute Gasteiger partial charge is 0.433 e. The number of alkyl halides is 2.